The van der Waals surface area contributed by atoms with E-state index < -0.39 is 0 Å². The second kappa shape index (κ2) is 5.09. The molecule has 1 amide bonds. The molecule has 1 aliphatic rings. The maximum atomic E-state index is 12.1. The van der Waals surface area contributed by atoms with Gasteiger partial charge in [0.15, 0.2) is 0 Å². The van der Waals surface area contributed by atoms with E-state index in [2.05, 4.69) is 0 Å². The quantitative estimate of drug-likeness (QED) is 0.745. The number of benzene rings is 1. The fourth-order valence-electron chi connectivity index (χ4n) is 1.75. The molecule has 0 radical (unpaired) electrons. The van der Waals surface area contributed by atoms with Gasteiger partial charge < -0.3 is 4.74 Å². The molecule has 2 rings (SSSR count). The zero-order valence-corrected chi connectivity index (χ0v) is 9.43. The van der Waals surface area contributed by atoms with Crippen LogP contribution in [0.5, 0.6) is 0 Å². The summed E-state index contributed by atoms with van der Waals surface area (Å²) in [6.07, 6.45) is 0. The number of ether oxygens (including phenoxy) is 1. The minimum absolute atomic E-state index is 0.0301. The van der Waals surface area contributed by atoms with Gasteiger partial charge in [0.1, 0.15) is 0 Å². The topological polar surface area (TPSA) is 32.8 Å². The van der Waals surface area contributed by atoms with E-state index in [1.807, 2.05) is 35.3 Å². The van der Waals surface area contributed by atoms with Gasteiger partial charge in [-0.2, -0.15) is 0 Å². The minimum Gasteiger partial charge on any atom is -0.379 e. The van der Waals surface area contributed by atoms with Crippen LogP contribution in [0.2, 0.25) is 0 Å². The summed E-state index contributed by atoms with van der Waals surface area (Å²) in [6, 6.07) is 9.32. The average molecular weight is 220 g/mol. The number of amides is 1. The summed E-state index contributed by atoms with van der Waals surface area (Å²) in [4.78, 5) is 12.1. The van der Waals surface area contributed by atoms with Crippen molar-refractivity contribution in [2.45, 2.75) is 0 Å². The summed E-state index contributed by atoms with van der Waals surface area (Å²) in [5.74, 6) is 0.0301. The third kappa shape index (κ3) is 2.40. The summed E-state index contributed by atoms with van der Waals surface area (Å²) in [5, 5.41) is 3.69. The normalized spacial score (nSPS) is 17.1. The molecular weight excluding hydrogens is 204 g/mol. The van der Waals surface area contributed by atoms with E-state index in [-0.39, 0.29) is 5.91 Å². The third-order valence-electron chi connectivity index (χ3n) is 2.73. The third-order valence-corrected chi connectivity index (χ3v) is 2.73. The second-order valence-corrected chi connectivity index (χ2v) is 3.76. The smallest absolute Gasteiger partial charge is 0.267 e. The van der Waals surface area contributed by atoms with E-state index in [1.54, 1.807) is 12.1 Å². The van der Waals surface area contributed by atoms with Gasteiger partial charge in [0.05, 0.1) is 13.2 Å². The summed E-state index contributed by atoms with van der Waals surface area (Å²) >= 11 is 0. The zero-order chi connectivity index (χ0) is 11.4. The largest absolute Gasteiger partial charge is 0.379 e. The first-order valence-corrected chi connectivity index (χ1v) is 5.45. The van der Waals surface area contributed by atoms with Crippen molar-refractivity contribution in [3.8, 4) is 0 Å². The SMILES string of the molecule is CN(C(=O)c1ccccc1)N1CCOCC1. The molecule has 86 valence electrons. The Labute approximate surface area is 95.4 Å². The van der Waals surface area contributed by atoms with Crippen molar-refractivity contribution >= 4 is 5.91 Å². The van der Waals surface area contributed by atoms with Crippen LogP contribution in [0.1, 0.15) is 10.4 Å². The van der Waals surface area contributed by atoms with Crippen molar-refractivity contribution in [3.63, 3.8) is 0 Å². The summed E-state index contributed by atoms with van der Waals surface area (Å²) in [5.41, 5.74) is 0.719. The fraction of sp³-hybridized carbons (Fsp3) is 0.417. The van der Waals surface area contributed by atoms with Crippen molar-refractivity contribution in [2.24, 2.45) is 0 Å². The molecule has 0 aliphatic carbocycles. The van der Waals surface area contributed by atoms with Crippen LogP contribution in [0.3, 0.4) is 0 Å². The van der Waals surface area contributed by atoms with Crippen LogP contribution in [-0.4, -0.2) is 49.3 Å². The summed E-state index contributed by atoms with van der Waals surface area (Å²) < 4.78 is 5.26. The lowest BCUT2D eigenvalue weighted by Crippen LogP contribution is -2.49. The highest BCUT2D eigenvalue weighted by Gasteiger charge is 2.20. The molecule has 0 N–H and O–H groups in total. The highest BCUT2D eigenvalue weighted by atomic mass is 16.5. The molecule has 1 saturated heterocycles. The molecule has 0 unspecified atom stereocenters. The Kier molecular flexibility index (Phi) is 3.54. The number of hydrogen-bond donors (Lipinski definition) is 0. The first-order chi connectivity index (χ1) is 7.79. The number of rotatable bonds is 2. The Balaban J connectivity index is 2.04. The van der Waals surface area contributed by atoms with Crippen molar-refractivity contribution in [1.82, 2.24) is 10.0 Å². The average Bonchev–Trinajstić information content (AvgIpc) is 2.39. The minimum atomic E-state index is 0.0301. The number of carbonyl (C=O) groups excluding carboxylic acids is 1. The Bertz CT molecular complexity index is 347. The Morgan fingerprint density at radius 1 is 1.25 bits per heavy atom. The number of morpholine rings is 1. The first-order valence-electron chi connectivity index (χ1n) is 5.45. The van der Waals surface area contributed by atoms with Gasteiger partial charge in [-0.25, -0.2) is 5.01 Å². The van der Waals surface area contributed by atoms with Gasteiger partial charge >= 0.3 is 0 Å². The van der Waals surface area contributed by atoms with Crippen LogP contribution < -0.4 is 0 Å². The van der Waals surface area contributed by atoms with E-state index in [0.717, 1.165) is 18.7 Å². The van der Waals surface area contributed by atoms with Gasteiger partial charge in [-0.3, -0.25) is 9.80 Å². The molecule has 1 fully saturated rings. The lowest BCUT2D eigenvalue weighted by Gasteiger charge is -2.34. The molecule has 1 aromatic rings. The van der Waals surface area contributed by atoms with E-state index in [4.69, 9.17) is 4.74 Å². The maximum Gasteiger partial charge on any atom is 0.267 e. The molecular formula is C12H16N2O2. The van der Waals surface area contributed by atoms with Crippen molar-refractivity contribution < 1.29 is 9.53 Å². The second-order valence-electron chi connectivity index (χ2n) is 3.76. The maximum absolute atomic E-state index is 12.1. The standard InChI is InChI=1S/C12H16N2O2/c1-13(14-7-9-16-10-8-14)12(15)11-5-3-2-4-6-11/h2-6H,7-10H2,1H3. The zero-order valence-electron chi connectivity index (χ0n) is 9.43. The van der Waals surface area contributed by atoms with Crippen LogP contribution >= 0.6 is 0 Å². The predicted molar refractivity (Wildman–Crippen MR) is 60.9 cm³/mol. The van der Waals surface area contributed by atoms with Crippen LogP contribution in [-0.2, 0) is 4.74 Å². The van der Waals surface area contributed by atoms with E-state index in [9.17, 15) is 4.79 Å². The predicted octanol–water partition coefficient (Wildman–Crippen LogP) is 1.01. The molecule has 0 saturated carbocycles. The van der Waals surface area contributed by atoms with Crippen molar-refractivity contribution in [2.75, 3.05) is 33.4 Å². The Morgan fingerprint density at radius 3 is 2.50 bits per heavy atom. The molecule has 0 atom stereocenters. The molecule has 1 aliphatic heterocycles. The fourth-order valence-corrected chi connectivity index (χ4v) is 1.75. The Morgan fingerprint density at radius 2 is 1.88 bits per heavy atom. The molecule has 1 aromatic carbocycles. The van der Waals surface area contributed by atoms with E-state index in [1.165, 1.54) is 0 Å². The molecule has 1 heterocycles. The first kappa shape index (κ1) is 11.1. The molecule has 4 heteroatoms. The number of hydrogen-bond acceptors (Lipinski definition) is 3. The van der Waals surface area contributed by atoms with Crippen LogP contribution in [0, 0.1) is 0 Å². The van der Waals surface area contributed by atoms with Crippen molar-refractivity contribution in [3.05, 3.63) is 35.9 Å². The summed E-state index contributed by atoms with van der Waals surface area (Å²) in [6.45, 7) is 2.92. The number of carbonyl (C=O) groups is 1. The molecule has 0 bridgehead atoms. The van der Waals surface area contributed by atoms with Crippen molar-refractivity contribution in [1.29, 1.82) is 0 Å². The molecule has 4 nitrogen and oxygen atoms in total. The van der Waals surface area contributed by atoms with Crippen LogP contribution in [0.4, 0.5) is 0 Å². The van der Waals surface area contributed by atoms with Gasteiger partial charge in [0.25, 0.3) is 5.91 Å². The van der Waals surface area contributed by atoms with Crippen LogP contribution in [0.15, 0.2) is 30.3 Å². The number of nitrogens with zero attached hydrogens (tertiary/aromatic N) is 2. The molecule has 0 spiro atoms. The highest BCUT2D eigenvalue weighted by Crippen LogP contribution is 2.07. The number of hydrazine groups is 1. The van der Waals surface area contributed by atoms with Crippen LogP contribution in [0.25, 0.3) is 0 Å². The van der Waals surface area contributed by atoms with Gasteiger partial charge in [-0.15, -0.1) is 0 Å². The monoisotopic (exact) mass is 220 g/mol. The van der Waals surface area contributed by atoms with E-state index >= 15 is 0 Å². The molecule has 0 aromatic heterocycles. The summed E-state index contributed by atoms with van der Waals surface area (Å²) in [7, 11) is 1.81. The Hall–Kier alpha value is -1.39. The molecule has 16 heavy (non-hydrogen) atoms. The lowest BCUT2D eigenvalue weighted by molar-refractivity contribution is -0.0579. The van der Waals surface area contributed by atoms with E-state index in [0.29, 0.717) is 13.2 Å². The van der Waals surface area contributed by atoms with Gasteiger partial charge in [-0.1, -0.05) is 18.2 Å². The van der Waals surface area contributed by atoms with Gasteiger partial charge in [-0.05, 0) is 12.1 Å². The highest BCUT2D eigenvalue weighted by molar-refractivity contribution is 5.93. The van der Waals surface area contributed by atoms with Gasteiger partial charge in [0.2, 0.25) is 0 Å². The van der Waals surface area contributed by atoms with Gasteiger partial charge in [0, 0.05) is 25.7 Å². The lowest BCUT2D eigenvalue weighted by atomic mass is 10.2.